The van der Waals surface area contributed by atoms with Gasteiger partial charge in [-0.3, -0.25) is 18.9 Å². The van der Waals surface area contributed by atoms with Gasteiger partial charge in [0, 0.05) is 29.6 Å². The molecule has 10 nitrogen and oxygen atoms in total. The van der Waals surface area contributed by atoms with E-state index in [0.29, 0.717) is 39.9 Å². The number of aryl methyl sites for hydroxylation is 1. The number of carbonyl (C=O) groups is 2. The molecule has 1 aromatic rings. The Hall–Kier alpha value is -2.90. The number of imidazole rings is 1. The lowest BCUT2D eigenvalue weighted by atomic mass is 10.3. The first-order valence-electron chi connectivity index (χ1n) is 10.3. The number of benzene rings is 1. The number of fused-ring (bicyclic) bond motifs is 1. The van der Waals surface area contributed by atoms with Crippen LogP contribution in [0, 0.1) is 13.8 Å². The summed E-state index contributed by atoms with van der Waals surface area (Å²) in [6.45, 7) is 4.99. The zero-order chi connectivity index (χ0) is 25.0. The van der Waals surface area contributed by atoms with Crippen LogP contribution in [0.2, 0.25) is 0 Å². The molecule has 0 fully saturated rings. The number of hydrogen-bond acceptors (Lipinski definition) is 8. The topological polar surface area (TPSA) is 147 Å². The summed E-state index contributed by atoms with van der Waals surface area (Å²) in [6.07, 6.45) is 1.26. The van der Waals surface area contributed by atoms with Crippen molar-refractivity contribution in [1.29, 1.82) is 0 Å². The molecule has 0 aliphatic carbocycles. The zero-order valence-electron chi connectivity index (χ0n) is 18.7. The van der Waals surface area contributed by atoms with Crippen molar-refractivity contribution in [2.45, 2.75) is 49.1 Å². The van der Waals surface area contributed by atoms with Crippen LogP contribution in [-0.2, 0) is 19.6 Å². The monoisotopic (exact) mass is 524 g/mol. The third kappa shape index (κ3) is 5.96. The average molecular weight is 525 g/mol. The first kappa shape index (κ1) is 25.7. The lowest BCUT2D eigenvalue weighted by Gasteiger charge is -2.16. The molecule has 1 aromatic carbocycles. The number of sulfonamides is 1. The Labute approximate surface area is 204 Å². The number of carbonyl (C=O) groups excluding carboxylic acids is 1. The van der Waals surface area contributed by atoms with Crippen LogP contribution < -0.4 is 15.7 Å². The van der Waals surface area contributed by atoms with E-state index in [1.54, 1.807) is 6.92 Å². The van der Waals surface area contributed by atoms with E-state index in [1.807, 2.05) is 6.92 Å². The van der Waals surface area contributed by atoms with Gasteiger partial charge in [-0.1, -0.05) is 0 Å². The normalized spacial score (nSPS) is 11.5. The van der Waals surface area contributed by atoms with Crippen molar-refractivity contribution in [2.75, 3.05) is 15.8 Å². The van der Waals surface area contributed by atoms with Crippen molar-refractivity contribution in [2.24, 2.45) is 0 Å². The summed E-state index contributed by atoms with van der Waals surface area (Å²) in [5, 5.41) is 11.4. The Balaban J connectivity index is 1.92. The average Bonchev–Trinajstić information content (AvgIpc) is 3.06. The second-order valence-electron chi connectivity index (χ2n) is 7.47. The molecule has 34 heavy (non-hydrogen) atoms. The molecule has 3 N–H and O–H groups in total. The maximum absolute atomic E-state index is 13.0. The summed E-state index contributed by atoms with van der Waals surface area (Å²) in [5.74, 6) is -0.586. The van der Waals surface area contributed by atoms with Gasteiger partial charge in [-0.15, -0.1) is 23.1 Å². The van der Waals surface area contributed by atoms with Crippen molar-refractivity contribution in [1.82, 2.24) is 9.55 Å². The molecule has 0 aromatic heterocycles. The molecule has 1 amide bonds. The molecule has 0 spiro atoms. The standard InChI is InChI=1S/C21H24N4O6S3/c1-12-13(2)33-20(32-11-5-4-6-17(27)28)18-19(23-21(29)25(12)18)24-34(30,31)16-9-7-15(8-10-16)22-14(3)26/h7-10H,4-6,11H2,1-3H3,(H,22,26)(H,27,28)(H,23,24,29). The van der Waals surface area contributed by atoms with E-state index < -0.39 is 21.7 Å². The SMILES string of the molecule is CC(=O)Nc1ccc(S(=O)(=O)Nc2nc(=O)n3c(C)c(C)sc(SCCCCC(=O)O)c2-3)cc1. The highest BCUT2D eigenvalue weighted by molar-refractivity contribution is 8.01. The van der Waals surface area contributed by atoms with Gasteiger partial charge in [0.2, 0.25) is 5.91 Å². The number of thioether (sulfide) groups is 1. The van der Waals surface area contributed by atoms with Gasteiger partial charge < -0.3 is 10.4 Å². The number of amides is 1. The van der Waals surface area contributed by atoms with Gasteiger partial charge in [0.25, 0.3) is 10.0 Å². The van der Waals surface area contributed by atoms with Gasteiger partial charge in [0.05, 0.1) is 9.10 Å². The van der Waals surface area contributed by atoms with Crippen LogP contribution in [0.3, 0.4) is 0 Å². The minimum absolute atomic E-state index is 0.0504. The molecule has 2 aliphatic heterocycles. The summed E-state index contributed by atoms with van der Waals surface area (Å²) in [4.78, 5) is 39.3. The van der Waals surface area contributed by atoms with Crippen LogP contribution in [-0.4, -0.2) is 40.7 Å². The van der Waals surface area contributed by atoms with E-state index in [0.717, 1.165) is 4.88 Å². The molecule has 0 unspecified atom stereocenters. The van der Waals surface area contributed by atoms with Crippen LogP contribution in [0.25, 0.3) is 5.69 Å². The highest BCUT2D eigenvalue weighted by atomic mass is 32.2. The highest BCUT2D eigenvalue weighted by Crippen LogP contribution is 2.38. The first-order valence-corrected chi connectivity index (χ1v) is 13.6. The van der Waals surface area contributed by atoms with Gasteiger partial charge in [-0.25, -0.2) is 13.2 Å². The van der Waals surface area contributed by atoms with E-state index in [4.69, 9.17) is 5.11 Å². The maximum atomic E-state index is 13.0. The summed E-state index contributed by atoms with van der Waals surface area (Å²) in [5.41, 5.74) is 0.905. The molecule has 2 heterocycles. The number of nitrogens with zero attached hydrogens (tertiary/aromatic N) is 2. The molecule has 2 aliphatic rings. The highest BCUT2D eigenvalue weighted by Gasteiger charge is 2.26. The Kier molecular flexibility index (Phi) is 8.00. The lowest BCUT2D eigenvalue weighted by Crippen LogP contribution is -2.17. The van der Waals surface area contributed by atoms with Crippen LogP contribution in [0.15, 0.2) is 38.2 Å². The molecular weight excluding hydrogens is 500 g/mol. The number of carboxylic acids is 1. The van der Waals surface area contributed by atoms with E-state index in [-0.39, 0.29) is 23.0 Å². The van der Waals surface area contributed by atoms with Gasteiger partial charge in [-0.05, 0) is 56.7 Å². The molecule has 182 valence electrons. The molecule has 3 rings (SSSR count). The summed E-state index contributed by atoms with van der Waals surface area (Å²) >= 11 is 2.86. The Bertz CT molecular complexity index is 1350. The van der Waals surface area contributed by atoms with E-state index in [2.05, 4.69) is 15.0 Å². The van der Waals surface area contributed by atoms with E-state index >= 15 is 0 Å². The quantitative estimate of drug-likeness (QED) is 0.270. The van der Waals surface area contributed by atoms with Crippen molar-refractivity contribution in [3.05, 3.63) is 45.3 Å². The minimum Gasteiger partial charge on any atom is -0.481 e. The molecule has 0 bridgehead atoms. The lowest BCUT2D eigenvalue weighted by molar-refractivity contribution is -0.137. The molecule has 0 saturated carbocycles. The molecule has 0 atom stereocenters. The van der Waals surface area contributed by atoms with Crippen LogP contribution in [0.5, 0.6) is 0 Å². The number of nitrogens with one attached hydrogen (secondary N) is 2. The predicted molar refractivity (Wildman–Crippen MR) is 132 cm³/mol. The third-order valence-electron chi connectivity index (χ3n) is 4.86. The minimum atomic E-state index is -4.06. The number of unbranched alkanes of at least 4 members (excludes halogenated alkanes) is 1. The Morgan fingerprint density at radius 2 is 1.85 bits per heavy atom. The molecular formula is C21H24N4O6S3. The second kappa shape index (κ2) is 10.6. The smallest absolute Gasteiger partial charge is 0.354 e. The number of aromatic nitrogens is 2. The molecule has 0 saturated heterocycles. The number of rotatable bonds is 10. The summed E-state index contributed by atoms with van der Waals surface area (Å²) in [6, 6.07) is 5.63. The number of anilines is 2. The largest absolute Gasteiger partial charge is 0.481 e. The number of carboxylic acid groups (broad SMARTS) is 1. The van der Waals surface area contributed by atoms with Gasteiger partial charge in [0.1, 0.15) is 5.69 Å². The van der Waals surface area contributed by atoms with E-state index in [1.165, 1.54) is 58.9 Å². The summed E-state index contributed by atoms with van der Waals surface area (Å²) < 4.78 is 30.5. The van der Waals surface area contributed by atoms with Crippen LogP contribution in [0.4, 0.5) is 11.5 Å². The molecule has 13 heteroatoms. The fourth-order valence-corrected chi connectivity index (χ4v) is 6.67. The third-order valence-corrected chi connectivity index (χ3v) is 8.75. The summed E-state index contributed by atoms with van der Waals surface area (Å²) in [7, 11) is -4.06. The fraction of sp³-hybridized carbons (Fsp3) is 0.333. The van der Waals surface area contributed by atoms with Crippen molar-refractivity contribution in [3.8, 4) is 5.69 Å². The second-order valence-corrected chi connectivity index (χ2v) is 11.7. The molecule has 0 radical (unpaired) electrons. The predicted octanol–water partition coefficient (Wildman–Crippen LogP) is 3.45. The van der Waals surface area contributed by atoms with E-state index in [9.17, 15) is 22.8 Å². The fourth-order valence-electron chi connectivity index (χ4n) is 3.14. The first-order chi connectivity index (χ1) is 16.0. The van der Waals surface area contributed by atoms with Crippen LogP contribution >= 0.6 is 23.1 Å². The number of hydrogen-bond donors (Lipinski definition) is 3. The van der Waals surface area contributed by atoms with Crippen LogP contribution in [0.1, 0.15) is 36.8 Å². The van der Waals surface area contributed by atoms with Crippen molar-refractivity contribution in [3.63, 3.8) is 0 Å². The van der Waals surface area contributed by atoms with Gasteiger partial charge >= 0.3 is 11.7 Å². The van der Waals surface area contributed by atoms with Gasteiger partial charge in [0.15, 0.2) is 5.82 Å². The van der Waals surface area contributed by atoms with Crippen molar-refractivity contribution >= 4 is 56.5 Å². The van der Waals surface area contributed by atoms with Gasteiger partial charge in [-0.2, -0.15) is 4.98 Å². The number of aliphatic carboxylic acids is 1. The Morgan fingerprint density at radius 3 is 2.47 bits per heavy atom. The zero-order valence-corrected chi connectivity index (χ0v) is 21.2. The maximum Gasteiger partial charge on any atom is 0.354 e. The van der Waals surface area contributed by atoms with Crippen molar-refractivity contribution < 1.29 is 23.1 Å². The Morgan fingerprint density at radius 1 is 1.18 bits per heavy atom.